The number of hydrogen-bond acceptors (Lipinski definition) is 4. The molecule has 0 spiro atoms. The molecule has 7 nitrogen and oxygen atoms in total. The lowest BCUT2D eigenvalue weighted by Gasteiger charge is -2.20. The molecule has 1 aliphatic heterocycles. The molecular weight excluding hydrogens is 328 g/mol. The molecule has 2 aromatic heterocycles. The van der Waals surface area contributed by atoms with E-state index in [2.05, 4.69) is 21.5 Å². The summed E-state index contributed by atoms with van der Waals surface area (Å²) in [6, 6.07) is 1.98. The SMILES string of the molecule is Cn1cc([C@@H]2CN(C(=O)NCc3nccc4c3CCCC4)C[C@H]2N)cn1. The average Bonchev–Trinajstić information content (AvgIpc) is 3.25. The van der Waals surface area contributed by atoms with Gasteiger partial charge < -0.3 is 16.0 Å². The maximum absolute atomic E-state index is 12.6. The first-order chi connectivity index (χ1) is 12.6. The van der Waals surface area contributed by atoms with Gasteiger partial charge in [0.2, 0.25) is 0 Å². The largest absolute Gasteiger partial charge is 0.332 e. The van der Waals surface area contributed by atoms with Crippen LogP contribution in [-0.2, 0) is 26.4 Å². The summed E-state index contributed by atoms with van der Waals surface area (Å²) in [6.45, 7) is 1.66. The van der Waals surface area contributed by atoms with E-state index in [0.29, 0.717) is 19.6 Å². The first-order valence-electron chi connectivity index (χ1n) is 9.34. The number of aromatic nitrogens is 3. The zero-order valence-electron chi connectivity index (χ0n) is 15.2. The molecule has 2 amide bonds. The lowest BCUT2D eigenvalue weighted by molar-refractivity contribution is 0.207. The van der Waals surface area contributed by atoms with Crippen LogP contribution >= 0.6 is 0 Å². The zero-order valence-corrected chi connectivity index (χ0v) is 15.2. The Morgan fingerprint density at radius 1 is 1.35 bits per heavy atom. The number of amides is 2. The van der Waals surface area contributed by atoms with Gasteiger partial charge in [0.1, 0.15) is 0 Å². The van der Waals surface area contributed by atoms with Crippen molar-refractivity contribution in [3.05, 3.63) is 47.0 Å². The molecule has 1 fully saturated rings. The van der Waals surface area contributed by atoms with Gasteiger partial charge in [0, 0.05) is 44.5 Å². The number of pyridine rings is 1. The number of aryl methyl sites for hydroxylation is 2. The van der Waals surface area contributed by atoms with Crippen LogP contribution in [0.1, 0.15) is 41.1 Å². The number of carbonyl (C=O) groups excluding carboxylic acids is 1. The monoisotopic (exact) mass is 354 g/mol. The minimum Gasteiger partial charge on any atom is -0.332 e. The van der Waals surface area contributed by atoms with Crippen molar-refractivity contribution < 1.29 is 4.79 Å². The van der Waals surface area contributed by atoms with Gasteiger partial charge in [-0.25, -0.2) is 4.79 Å². The Labute approximate surface area is 153 Å². The second-order valence-electron chi connectivity index (χ2n) is 7.38. The number of likely N-dealkylation sites (tertiary alicyclic amines) is 1. The lowest BCUT2D eigenvalue weighted by Crippen LogP contribution is -2.39. The van der Waals surface area contributed by atoms with Crippen LogP contribution in [0.2, 0.25) is 0 Å². The van der Waals surface area contributed by atoms with Crippen LogP contribution < -0.4 is 11.1 Å². The summed E-state index contributed by atoms with van der Waals surface area (Å²) < 4.78 is 1.77. The van der Waals surface area contributed by atoms with Crippen molar-refractivity contribution in [1.29, 1.82) is 0 Å². The van der Waals surface area contributed by atoms with E-state index >= 15 is 0 Å². The highest BCUT2D eigenvalue weighted by Crippen LogP contribution is 2.26. The molecule has 0 bridgehead atoms. The molecule has 0 unspecified atom stereocenters. The van der Waals surface area contributed by atoms with Gasteiger partial charge >= 0.3 is 6.03 Å². The van der Waals surface area contributed by atoms with Gasteiger partial charge in [-0.3, -0.25) is 9.67 Å². The van der Waals surface area contributed by atoms with E-state index in [9.17, 15) is 4.79 Å². The third kappa shape index (κ3) is 3.31. The number of nitrogens with zero attached hydrogens (tertiary/aromatic N) is 4. The number of carbonyl (C=O) groups is 1. The molecule has 2 aromatic rings. The van der Waals surface area contributed by atoms with Crippen LogP contribution in [0.15, 0.2) is 24.7 Å². The molecule has 2 aliphatic rings. The molecule has 1 saturated heterocycles. The van der Waals surface area contributed by atoms with Crippen molar-refractivity contribution >= 4 is 6.03 Å². The van der Waals surface area contributed by atoms with E-state index < -0.39 is 0 Å². The molecule has 3 heterocycles. The molecule has 4 rings (SSSR count). The van der Waals surface area contributed by atoms with Crippen molar-refractivity contribution in [2.75, 3.05) is 13.1 Å². The Morgan fingerprint density at radius 3 is 3.00 bits per heavy atom. The Balaban J connectivity index is 1.39. The van der Waals surface area contributed by atoms with E-state index in [4.69, 9.17) is 5.73 Å². The van der Waals surface area contributed by atoms with Crippen molar-refractivity contribution in [1.82, 2.24) is 25.0 Å². The Morgan fingerprint density at radius 2 is 2.19 bits per heavy atom. The molecule has 1 aliphatic carbocycles. The average molecular weight is 354 g/mol. The summed E-state index contributed by atoms with van der Waals surface area (Å²) in [6.07, 6.45) is 10.3. The topological polar surface area (TPSA) is 89.1 Å². The molecule has 0 saturated carbocycles. The standard InChI is InChI=1S/C19H26N6O/c1-24-10-14(8-23-24)16-11-25(12-17(16)20)19(26)22-9-18-15-5-3-2-4-13(15)6-7-21-18/h6-8,10,16-17H,2-5,9,11-12,20H2,1H3,(H,22,26)/t16-,17+/m0/s1. The predicted molar refractivity (Wildman–Crippen MR) is 98.6 cm³/mol. The summed E-state index contributed by atoms with van der Waals surface area (Å²) in [5.41, 5.74) is 11.1. The Kier molecular flexibility index (Phi) is 4.63. The van der Waals surface area contributed by atoms with E-state index in [0.717, 1.165) is 24.1 Å². The highest BCUT2D eigenvalue weighted by atomic mass is 16.2. The molecule has 2 atom stereocenters. The second-order valence-corrected chi connectivity index (χ2v) is 7.38. The molecule has 7 heteroatoms. The summed E-state index contributed by atoms with van der Waals surface area (Å²) in [4.78, 5) is 18.9. The summed E-state index contributed by atoms with van der Waals surface area (Å²) >= 11 is 0. The fourth-order valence-electron chi connectivity index (χ4n) is 4.14. The highest BCUT2D eigenvalue weighted by Gasteiger charge is 2.34. The normalized spacial score (nSPS) is 22.3. The molecule has 0 aromatic carbocycles. The number of nitrogens with two attached hydrogens (primary N) is 1. The number of hydrogen-bond donors (Lipinski definition) is 2. The van der Waals surface area contributed by atoms with Gasteiger partial charge in [-0.15, -0.1) is 0 Å². The zero-order chi connectivity index (χ0) is 18.1. The fraction of sp³-hybridized carbons (Fsp3) is 0.526. The van der Waals surface area contributed by atoms with Crippen molar-refractivity contribution in [3.63, 3.8) is 0 Å². The summed E-state index contributed by atoms with van der Waals surface area (Å²) in [5, 5.41) is 7.25. The lowest BCUT2D eigenvalue weighted by atomic mass is 9.91. The van der Waals surface area contributed by atoms with Crippen LogP contribution in [0.3, 0.4) is 0 Å². The second kappa shape index (κ2) is 7.07. The van der Waals surface area contributed by atoms with Crippen LogP contribution in [0.4, 0.5) is 4.79 Å². The van der Waals surface area contributed by atoms with Gasteiger partial charge in [0.15, 0.2) is 0 Å². The van der Waals surface area contributed by atoms with Gasteiger partial charge in [-0.2, -0.15) is 5.10 Å². The number of fused-ring (bicyclic) bond motifs is 1. The minimum atomic E-state index is -0.0675. The number of nitrogens with one attached hydrogen (secondary N) is 1. The summed E-state index contributed by atoms with van der Waals surface area (Å²) in [5.74, 6) is 0.136. The van der Waals surface area contributed by atoms with E-state index in [1.807, 2.05) is 25.6 Å². The maximum atomic E-state index is 12.6. The number of urea groups is 1. The van der Waals surface area contributed by atoms with Gasteiger partial charge in [0.05, 0.1) is 18.4 Å². The molecular formula is C19H26N6O. The molecule has 0 radical (unpaired) electrons. The first-order valence-corrected chi connectivity index (χ1v) is 9.34. The quantitative estimate of drug-likeness (QED) is 0.870. The third-order valence-electron chi connectivity index (χ3n) is 5.58. The van der Waals surface area contributed by atoms with Crippen molar-refractivity contribution in [2.24, 2.45) is 12.8 Å². The fourth-order valence-corrected chi connectivity index (χ4v) is 4.14. The van der Waals surface area contributed by atoms with Crippen LogP contribution in [-0.4, -0.2) is 44.8 Å². The Bertz CT molecular complexity index is 801. The highest BCUT2D eigenvalue weighted by molar-refractivity contribution is 5.74. The first kappa shape index (κ1) is 17.0. The van der Waals surface area contributed by atoms with Gasteiger partial charge in [0.25, 0.3) is 0 Å². The smallest absolute Gasteiger partial charge is 0.317 e. The van der Waals surface area contributed by atoms with Gasteiger partial charge in [-0.1, -0.05) is 0 Å². The van der Waals surface area contributed by atoms with Crippen LogP contribution in [0, 0.1) is 0 Å². The van der Waals surface area contributed by atoms with E-state index in [1.165, 1.54) is 24.0 Å². The van der Waals surface area contributed by atoms with Crippen molar-refractivity contribution in [2.45, 2.75) is 44.2 Å². The van der Waals surface area contributed by atoms with Gasteiger partial charge in [-0.05, 0) is 48.4 Å². The van der Waals surface area contributed by atoms with Crippen LogP contribution in [0.25, 0.3) is 0 Å². The van der Waals surface area contributed by atoms with Crippen molar-refractivity contribution in [3.8, 4) is 0 Å². The van der Waals surface area contributed by atoms with E-state index in [-0.39, 0.29) is 18.0 Å². The third-order valence-corrected chi connectivity index (χ3v) is 5.58. The summed E-state index contributed by atoms with van der Waals surface area (Å²) in [7, 11) is 1.89. The predicted octanol–water partition coefficient (Wildman–Crippen LogP) is 1.33. The minimum absolute atomic E-state index is 0.0624. The van der Waals surface area contributed by atoms with E-state index in [1.54, 1.807) is 9.58 Å². The molecule has 138 valence electrons. The maximum Gasteiger partial charge on any atom is 0.317 e. The molecule has 26 heavy (non-hydrogen) atoms. The number of rotatable bonds is 3. The Hall–Kier alpha value is -2.41. The van der Waals surface area contributed by atoms with Crippen LogP contribution in [0.5, 0.6) is 0 Å². The molecule has 3 N–H and O–H groups in total.